The number of hydrogen-bond donors (Lipinski definition) is 0. The van der Waals surface area contributed by atoms with E-state index in [2.05, 4.69) is 4.85 Å². The van der Waals surface area contributed by atoms with Crippen LogP contribution in [0.4, 0.5) is 0 Å². The summed E-state index contributed by atoms with van der Waals surface area (Å²) in [5.41, 5.74) is 1.93. The third kappa shape index (κ3) is 1.66. The lowest BCUT2D eigenvalue weighted by Gasteiger charge is -1.98. The SMILES string of the molecule is [C-]#[N+]/C(C#N)=C1/CCC(=S)/C1=C\C. The first kappa shape index (κ1) is 9.64. The average Bonchev–Trinajstić information content (AvgIpc) is 2.50. The minimum Gasteiger partial charge on any atom is -0.226 e. The first-order valence-electron chi connectivity index (χ1n) is 3.95. The van der Waals surface area contributed by atoms with Crippen molar-refractivity contribution in [2.45, 2.75) is 19.8 Å². The van der Waals surface area contributed by atoms with Gasteiger partial charge in [0.05, 0.1) is 12.6 Å². The van der Waals surface area contributed by atoms with Gasteiger partial charge in [-0.05, 0) is 30.9 Å². The van der Waals surface area contributed by atoms with Crippen LogP contribution in [-0.4, -0.2) is 4.86 Å². The summed E-state index contributed by atoms with van der Waals surface area (Å²) < 4.78 is 0. The molecule has 64 valence electrons. The Bertz CT molecular complexity index is 372. The molecule has 0 bridgehead atoms. The molecule has 0 amide bonds. The largest absolute Gasteiger partial charge is 0.265 e. The van der Waals surface area contributed by atoms with Crippen LogP contribution in [0.2, 0.25) is 0 Å². The Balaban J connectivity index is 3.25. The third-order valence-corrected chi connectivity index (χ3v) is 2.44. The number of thiocarbonyl (C=S) groups is 1. The van der Waals surface area contributed by atoms with Crippen molar-refractivity contribution in [2.75, 3.05) is 0 Å². The Morgan fingerprint density at radius 2 is 2.38 bits per heavy atom. The molecule has 0 atom stereocenters. The van der Waals surface area contributed by atoms with E-state index >= 15 is 0 Å². The second-order valence-electron chi connectivity index (χ2n) is 2.68. The molecular weight excluding hydrogens is 180 g/mol. The Kier molecular flexibility index (Phi) is 2.95. The number of hydrogen-bond acceptors (Lipinski definition) is 2. The predicted octanol–water partition coefficient (Wildman–Crippen LogP) is 2.79. The molecular formula is C10H8N2S. The van der Waals surface area contributed by atoms with Crippen LogP contribution in [-0.2, 0) is 0 Å². The minimum absolute atomic E-state index is 0.188. The van der Waals surface area contributed by atoms with Crippen LogP contribution in [0.25, 0.3) is 4.85 Å². The van der Waals surface area contributed by atoms with Crippen LogP contribution in [0.3, 0.4) is 0 Å². The molecule has 0 radical (unpaired) electrons. The zero-order chi connectivity index (χ0) is 9.84. The van der Waals surface area contributed by atoms with Gasteiger partial charge >= 0.3 is 0 Å². The Hall–Kier alpha value is -1.45. The Labute approximate surface area is 83.0 Å². The maximum atomic E-state index is 8.69. The molecule has 1 aliphatic carbocycles. The van der Waals surface area contributed by atoms with E-state index in [4.69, 9.17) is 24.1 Å². The van der Waals surface area contributed by atoms with Crippen molar-refractivity contribution in [1.82, 2.24) is 0 Å². The van der Waals surface area contributed by atoms with Gasteiger partial charge in [-0.2, -0.15) is 0 Å². The van der Waals surface area contributed by atoms with Gasteiger partial charge < -0.3 is 0 Å². The lowest BCUT2D eigenvalue weighted by atomic mass is 10.1. The van der Waals surface area contributed by atoms with Gasteiger partial charge in [0.25, 0.3) is 5.70 Å². The van der Waals surface area contributed by atoms with Gasteiger partial charge in [-0.3, -0.25) is 0 Å². The molecule has 0 spiro atoms. The minimum atomic E-state index is 0.188. The smallest absolute Gasteiger partial charge is 0.226 e. The van der Waals surface area contributed by atoms with Crippen LogP contribution >= 0.6 is 12.2 Å². The van der Waals surface area contributed by atoms with Crippen LogP contribution in [0.5, 0.6) is 0 Å². The van der Waals surface area contributed by atoms with E-state index in [9.17, 15) is 0 Å². The average molecular weight is 188 g/mol. The van der Waals surface area contributed by atoms with Crippen molar-refractivity contribution in [3.8, 4) is 6.07 Å². The van der Waals surface area contributed by atoms with Crippen molar-refractivity contribution in [2.24, 2.45) is 0 Å². The van der Waals surface area contributed by atoms with Gasteiger partial charge in [0, 0.05) is 4.86 Å². The van der Waals surface area contributed by atoms with Gasteiger partial charge in [-0.25, -0.2) is 10.1 Å². The molecule has 1 aliphatic rings. The molecule has 2 nitrogen and oxygen atoms in total. The van der Waals surface area contributed by atoms with Crippen LogP contribution in [0.15, 0.2) is 22.9 Å². The number of nitriles is 1. The van der Waals surface area contributed by atoms with Crippen molar-refractivity contribution in [1.29, 1.82) is 5.26 Å². The quantitative estimate of drug-likeness (QED) is 0.253. The zero-order valence-electron chi connectivity index (χ0n) is 7.29. The summed E-state index contributed by atoms with van der Waals surface area (Å²) in [5.74, 6) is 0. The molecule has 0 heterocycles. The van der Waals surface area contributed by atoms with E-state index in [0.29, 0.717) is 0 Å². The number of nitrogens with zero attached hydrogens (tertiary/aromatic N) is 2. The van der Waals surface area contributed by atoms with Crippen LogP contribution in [0.1, 0.15) is 19.8 Å². The molecule has 1 fully saturated rings. The van der Waals surface area contributed by atoms with Gasteiger partial charge in [-0.15, -0.1) is 0 Å². The molecule has 0 aliphatic heterocycles. The summed E-state index contributed by atoms with van der Waals surface area (Å²) in [5, 5.41) is 8.69. The van der Waals surface area contributed by atoms with Gasteiger partial charge in [0.15, 0.2) is 0 Å². The standard InChI is InChI=1S/C10H8N2S/c1-3-7-8(4-5-10(7)13)9(6-11)12-2/h3H,4-5H2,1H3/b7-3-,9-8-. The molecule has 0 aromatic heterocycles. The molecule has 0 N–H and O–H groups in total. The topological polar surface area (TPSA) is 28.1 Å². The van der Waals surface area contributed by atoms with Gasteiger partial charge in [0.2, 0.25) is 0 Å². The molecule has 0 aromatic rings. The highest BCUT2D eigenvalue weighted by molar-refractivity contribution is 7.80. The first-order valence-corrected chi connectivity index (χ1v) is 4.36. The Morgan fingerprint density at radius 1 is 1.69 bits per heavy atom. The van der Waals surface area contributed by atoms with Crippen molar-refractivity contribution >= 4 is 17.1 Å². The van der Waals surface area contributed by atoms with Crippen molar-refractivity contribution in [3.05, 3.63) is 34.3 Å². The lowest BCUT2D eigenvalue weighted by Crippen LogP contribution is -1.90. The second-order valence-corrected chi connectivity index (χ2v) is 3.17. The van der Waals surface area contributed by atoms with E-state index in [1.165, 1.54) is 0 Å². The van der Waals surface area contributed by atoms with Gasteiger partial charge in [0.1, 0.15) is 0 Å². The fourth-order valence-electron chi connectivity index (χ4n) is 1.42. The normalized spacial score (nSPS) is 22.7. The van der Waals surface area contributed by atoms with E-state index in [1.807, 2.05) is 19.1 Å². The number of rotatable bonds is 0. The van der Waals surface area contributed by atoms with Crippen LogP contribution < -0.4 is 0 Å². The van der Waals surface area contributed by atoms with Gasteiger partial charge in [-0.1, -0.05) is 18.3 Å². The molecule has 13 heavy (non-hydrogen) atoms. The van der Waals surface area contributed by atoms with E-state index < -0.39 is 0 Å². The van der Waals surface area contributed by atoms with Crippen LogP contribution in [0, 0.1) is 17.9 Å². The summed E-state index contributed by atoms with van der Waals surface area (Å²) in [6.45, 7) is 8.71. The maximum Gasteiger partial charge on any atom is 0.265 e. The van der Waals surface area contributed by atoms with E-state index in [-0.39, 0.29) is 5.70 Å². The number of allylic oxidation sites excluding steroid dienone is 4. The summed E-state index contributed by atoms with van der Waals surface area (Å²) in [6.07, 6.45) is 3.42. The molecule has 1 saturated carbocycles. The Morgan fingerprint density at radius 3 is 2.85 bits per heavy atom. The molecule has 0 aromatic carbocycles. The highest BCUT2D eigenvalue weighted by Crippen LogP contribution is 2.31. The van der Waals surface area contributed by atoms with Crippen molar-refractivity contribution in [3.63, 3.8) is 0 Å². The highest BCUT2D eigenvalue weighted by atomic mass is 32.1. The lowest BCUT2D eigenvalue weighted by molar-refractivity contribution is 1.10. The second kappa shape index (κ2) is 3.98. The van der Waals surface area contributed by atoms with Crippen molar-refractivity contribution < 1.29 is 0 Å². The summed E-state index contributed by atoms with van der Waals surface area (Å²) in [4.78, 5) is 4.06. The fraction of sp³-hybridized carbons (Fsp3) is 0.300. The van der Waals surface area contributed by atoms with E-state index in [0.717, 1.165) is 28.9 Å². The first-order chi connectivity index (χ1) is 6.24. The molecule has 3 heteroatoms. The summed E-state index contributed by atoms with van der Waals surface area (Å²) >= 11 is 5.12. The summed E-state index contributed by atoms with van der Waals surface area (Å²) in [6, 6.07) is 1.90. The molecule has 0 saturated heterocycles. The maximum absolute atomic E-state index is 8.69. The summed E-state index contributed by atoms with van der Waals surface area (Å²) in [7, 11) is 0. The molecule has 1 rings (SSSR count). The predicted molar refractivity (Wildman–Crippen MR) is 54.8 cm³/mol. The monoisotopic (exact) mass is 188 g/mol. The highest BCUT2D eigenvalue weighted by Gasteiger charge is 2.21. The zero-order valence-corrected chi connectivity index (χ0v) is 8.11. The van der Waals surface area contributed by atoms with E-state index in [1.54, 1.807) is 0 Å². The molecule has 0 unspecified atom stereocenters. The third-order valence-electron chi connectivity index (χ3n) is 2.02. The fourth-order valence-corrected chi connectivity index (χ4v) is 1.76.